The van der Waals surface area contributed by atoms with Crippen LogP contribution in [-0.4, -0.2) is 22.3 Å². The van der Waals surface area contributed by atoms with Crippen LogP contribution in [0.15, 0.2) is 12.2 Å². The second kappa shape index (κ2) is 3.44. The minimum absolute atomic E-state index is 0.189. The van der Waals surface area contributed by atoms with Crippen molar-refractivity contribution in [1.82, 2.24) is 4.90 Å². The van der Waals surface area contributed by atoms with Crippen LogP contribution in [0, 0.1) is 23.2 Å². The molecule has 2 atom stereocenters. The van der Waals surface area contributed by atoms with Gasteiger partial charge in [0.25, 0.3) is 0 Å². The van der Waals surface area contributed by atoms with E-state index in [9.17, 15) is 9.59 Å². The monoisotopic (exact) mass is 218 g/mol. The molecule has 84 valence electrons. The Balaban J connectivity index is 2.36. The molecule has 16 heavy (non-hydrogen) atoms. The van der Waals surface area contributed by atoms with Gasteiger partial charge in [-0.3, -0.25) is 14.5 Å². The normalized spacial score (nSPS) is 29.2. The average molecular weight is 218 g/mol. The van der Waals surface area contributed by atoms with Gasteiger partial charge in [-0.1, -0.05) is 12.2 Å². The van der Waals surface area contributed by atoms with Crippen LogP contribution in [-0.2, 0) is 9.59 Å². The van der Waals surface area contributed by atoms with E-state index in [-0.39, 0.29) is 23.7 Å². The van der Waals surface area contributed by atoms with Crippen LogP contribution in [0.25, 0.3) is 0 Å². The molecule has 0 aromatic rings. The highest BCUT2D eigenvalue weighted by Gasteiger charge is 2.52. The van der Waals surface area contributed by atoms with E-state index in [1.807, 2.05) is 18.2 Å². The molecule has 1 fully saturated rings. The van der Waals surface area contributed by atoms with E-state index in [0.717, 1.165) is 4.90 Å². The Bertz CT molecular complexity index is 391. The average Bonchev–Trinajstić information content (AvgIpc) is 2.53. The van der Waals surface area contributed by atoms with E-state index < -0.39 is 5.54 Å². The van der Waals surface area contributed by atoms with Gasteiger partial charge in [-0.05, 0) is 26.7 Å². The number of carbonyl (C=O) groups excluding carboxylic acids is 2. The van der Waals surface area contributed by atoms with Crippen LogP contribution in [0.3, 0.4) is 0 Å². The van der Waals surface area contributed by atoms with Crippen LogP contribution in [0.5, 0.6) is 0 Å². The van der Waals surface area contributed by atoms with Crippen molar-refractivity contribution in [3.8, 4) is 6.07 Å². The van der Waals surface area contributed by atoms with Crippen LogP contribution in [0.2, 0.25) is 0 Å². The molecule has 2 unspecified atom stereocenters. The molecule has 0 aromatic carbocycles. The highest BCUT2D eigenvalue weighted by atomic mass is 16.2. The van der Waals surface area contributed by atoms with Crippen LogP contribution >= 0.6 is 0 Å². The Morgan fingerprint density at radius 2 is 1.69 bits per heavy atom. The quantitative estimate of drug-likeness (QED) is 0.491. The Hall–Kier alpha value is -1.63. The lowest BCUT2D eigenvalue weighted by molar-refractivity contribution is -0.144. The fourth-order valence-electron chi connectivity index (χ4n) is 2.40. The van der Waals surface area contributed by atoms with Gasteiger partial charge in [-0.2, -0.15) is 5.26 Å². The first-order chi connectivity index (χ1) is 7.49. The minimum Gasteiger partial charge on any atom is -0.274 e. The largest absolute Gasteiger partial charge is 0.274 e. The van der Waals surface area contributed by atoms with E-state index in [2.05, 4.69) is 0 Å². The minimum atomic E-state index is -1.04. The summed E-state index contributed by atoms with van der Waals surface area (Å²) in [4.78, 5) is 25.3. The maximum atomic E-state index is 12.1. The molecule has 0 radical (unpaired) electrons. The Kier molecular flexibility index (Phi) is 2.34. The summed E-state index contributed by atoms with van der Waals surface area (Å²) in [6, 6.07) is 2.02. The van der Waals surface area contributed by atoms with E-state index >= 15 is 0 Å². The van der Waals surface area contributed by atoms with Crippen molar-refractivity contribution >= 4 is 11.8 Å². The summed E-state index contributed by atoms with van der Waals surface area (Å²) in [5.41, 5.74) is -1.04. The molecule has 0 N–H and O–H groups in total. The van der Waals surface area contributed by atoms with Crippen molar-refractivity contribution in [3.63, 3.8) is 0 Å². The third kappa shape index (κ3) is 1.35. The predicted octanol–water partition coefficient (Wildman–Crippen LogP) is 1.24. The van der Waals surface area contributed by atoms with Gasteiger partial charge in [0.1, 0.15) is 5.54 Å². The van der Waals surface area contributed by atoms with E-state index in [1.54, 1.807) is 13.8 Å². The third-order valence-electron chi connectivity index (χ3n) is 3.34. The molecule has 1 heterocycles. The van der Waals surface area contributed by atoms with Crippen molar-refractivity contribution in [2.45, 2.75) is 32.2 Å². The Morgan fingerprint density at radius 3 is 2.06 bits per heavy atom. The molecular weight excluding hydrogens is 204 g/mol. The van der Waals surface area contributed by atoms with E-state index in [1.165, 1.54) is 0 Å². The summed E-state index contributed by atoms with van der Waals surface area (Å²) in [6.45, 7) is 3.21. The summed E-state index contributed by atoms with van der Waals surface area (Å²) in [6.07, 6.45) is 5.12. The number of carbonyl (C=O) groups is 2. The second-order valence-corrected chi connectivity index (χ2v) is 4.84. The molecule has 1 aliphatic heterocycles. The lowest BCUT2D eigenvalue weighted by atomic mass is 9.85. The van der Waals surface area contributed by atoms with Gasteiger partial charge in [0.05, 0.1) is 17.9 Å². The van der Waals surface area contributed by atoms with Gasteiger partial charge in [0.2, 0.25) is 11.8 Å². The van der Waals surface area contributed by atoms with Crippen LogP contribution in [0.1, 0.15) is 26.7 Å². The summed E-state index contributed by atoms with van der Waals surface area (Å²) in [5.74, 6) is -0.868. The number of hydrogen-bond donors (Lipinski definition) is 0. The fourth-order valence-corrected chi connectivity index (χ4v) is 2.40. The number of imide groups is 1. The number of rotatable bonds is 1. The van der Waals surface area contributed by atoms with Gasteiger partial charge >= 0.3 is 0 Å². The molecule has 2 amide bonds. The molecule has 1 aliphatic carbocycles. The topological polar surface area (TPSA) is 61.2 Å². The molecule has 0 aromatic heterocycles. The van der Waals surface area contributed by atoms with Crippen molar-refractivity contribution in [2.75, 3.05) is 0 Å². The highest BCUT2D eigenvalue weighted by Crippen LogP contribution is 2.38. The fraction of sp³-hybridized carbons (Fsp3) is 0.583. The third-order valence-corrected chi connectivity index (χ3v) is 3.34. The highest BCUT2D eigenvalue weighted by molar-refractivity contribution is 6.06. The first-order valence-electron chi connectivity index (χ1n) is 5.43. The lowest BCUT2D eigenvalue weighted by Gasteiger charge is -2.27. The first-order valence-corrected chi connectivity index (χ1v) is 5.43. The molecule has 2 rings (SSSR count). The van der Waals surface area contributed by atoms with Gasteiger partial charge in [0.15, 0.2) is 0 Å². The first kappa shape index (κ1) is 10.9. The van der Waals surface area contributed by atoms with Crippen molar-refractivity contribution in [3.05, 3.63) is 12.2 Å². The van der Waals surface area contributed by atoms with Crippen molar-refractivity contribution < 1.29 is 9.59 Å². The molecule has 0 bridgehead atoms. The summed E-state index contributed by atoms with van der Waals surface area (Å²) in [5, 5.41) is 9.01. The Labute approximate surface area is 94.5 Å². The number of nitrogens with zero attached hydrogens (tertiary/aromatic N) is 2. The smallest absolute Gasteiger partial charge is 0.234 e. The second-order valence-electron chi connectivity index (χ2n) is 4.84. The van der Waals surface area contributed by atoms with E-state index in [4.69, 9.17) is 5.26 Å². The molecule has 0 saturated carbocycles. The molecule has 1 saturated heterocycles. The molecule has 2 aliphatic rings. The van der Waals surface area contributed by atoms with Crippen molar-refractivity contribution in [2.24, 2.45) is 11.8 Å². The van der Waals surface area contributed by atoms with Gasteiger partial charge in [0, 0.05) is 0 Å². The van der Waals surface area contributed by atoms with E-state index in [0.29, 0.717) is 12.8 Å². The van der Waals surface area contributed by atoms with Crippen molar-refractivity contribution in [1.29, 1.82) is 5.26 Å². The number of nitriles is 1. The Morgan fingerprint density at radius 1 is 1.25 bits per heavy atom. The predicted molar refractivity (Wildman–Crippen MR) is 56.9 cm³/mol. The number of fused-ring (bicyclic) bond motifs is 1. The zero-order valence-corrected chi connectivity index (χ0v) is 9.43. The molecule has 4 heteroatoms. The standard InChI is InChI=1S/C12H14N2O2/c1-12(2,7-13)14-10(15)8-5-3-4-6-9(8)11(14)16/h3-4,8-9H,5-6H2,1-2H3. The number of likely N-dealkylation sites (tertiary alicyclic amines) is 1. The molecule has 0 spiro atoms. The van der Waals surface area contributed by atoms with Crippen LogP contribution in [0.4, 0.5) is 0 Å². The lowest BCUT2D eigenvalue weighted by Crippen LogP contribution is -2.47. The summed E-state index contributed by atoms with van der Waals surface area (Å²) in [7, 11) is 0. The number of hydrogen-bond acceptors (Lipinski definition) is 3. The maximum absolute atomic E-state index is 12.1. The van der Waals surface area contributed by atoms with Gasteiger partial charge < -0.3 is 0 Å². The summed E-state index contributed by atoms with van der Waals surface area (Å²) < 4.78 is 0. The maximum Gasteiger partial charge on any atom is 0.234 e. The number of allylic oxidation sites excluding steroid dienone is 2. The zero-order valence-electron chi connectivity index (χ0n) is 9.43. The van der Waals surface area contributed by atoms with Crippen LogP contribution < -0.4 is 0 Å². The van der Waals surface area contributed by atoms with Gasteiger partial charge in [-0.25, -0.2) is 0 Å². The summed E-state index contributed by atoms with van der Waals surface area (Å²) >= 11 is 0. The molecular formula is C12H14N2O2. The molecule has 4 nitrogen and oxygen atoms in total. The zero-order chi connectivity index (χ0) is 11.9. The number of amides is 2. The SMILES string of the molecule is CC(C)(C#N)N1C(=O)C2CC=CCC2C1=O. The van der Waals surface area contributed by atoms with Gasteiger partial charge in [-0.15, -0.1) is 0 Å².